The molecule has 1 N–H and O–H groups in total. The summed E-state index contributed by atoms with van der Waals surface area (Å²) in [5.41, 5.74) is 0. The van der Waals surface area contributed by atoms with Crippen LogP contribution >= 0.6 is 0 Å². The zero-order chi connectivity index (χ0) is 10.2. The van der Waals surface area contributed by atoms with Crippen LogP contribution < -0.4 is 5.32 Å². The van der Waals surface area contributed by atoms with Crippen LogP contribution in [0.2, 0.25) is 0 Å². The standard InChI is InChI=1S/C12H25NO/c1-3-4-5-9-14-12-8-6-7-11(10-12)13-2/h11-13H,3-10H2,1-2H3. The number of hydrogen-bond donors (Lipinski definition) is 1. The van der Waals surface area contributed by atoms with Crippen LogP contribution in [-0.4, -0.2) is 25.8 Å². The molecule has 2 nitrogen and oxygen atoms in total. The van der Waals surface area contributed by atoms with Crippen LogP contribution in [0, 0.1) is 0 Å². The quantitative estimate of drug-likeness (QED) is 0.664. The lowest BCUT2D eigenvalue weighted by atomic mass is 9.93. The number of unbranched alkanes of at least 4 members (excludes halogenated alkanes) is 2. The molecule has 0 aromatic carbocycles. The van der Waals surface area contributed by atoms with Crippen molar-refractivity contribution in [2.24, 2.45) is 0 Å². The highest BCUT2D eigenvalue weighted by molar-refractivity contribution is 4.77. The van der Waals surface area contributed by atoms with Gasteiger partial charge in [0.2, 0.25) is 0 Å². The van der Waals surface area contributed by atoms with E-state index in [1.807, 2.05) is 0 Å². The first-order chi connectivity index (χ1) is 6.86. The van der Waals surface area contributed by atoms with Crippen LogP contribution in [0.3, 0.4) is 0 Å². The average molecular weight is 199 g/mol. The lowest BCUT2D eigenvalue weighted by molar-refractivity contribution is 0.0185. The molecular weight excluding hydrogens is 174 g/mol. The van der Waals surface area contributed by atoms with Gasteiger partial charge in [-0.05, 0) is 39.2 Å². The van der Waals surface area contributed by atoms with Gasteiger partial charge in [0.05, 0.1) is 6.10 Å². The molecule has 0 aliphatic heterocycles. The smallest absolute Gasteiger partial charge is 0.0590 e. The third-order valence-electron chi connectivity index (χ3n) is 3.14. The molecule has 0 heterocycles. The van der Waals surface area contributed by atoms with E-state index in [4.69, 9.17) is 4.74 Å². The first kappa shape index (κ1) is 12.0. The normalized spacial score (nSPS) is 27.9. The summed E-state index contributed by atoms with van der Waals surface area (Å²) in [6.45, 7) is 3.20. The molecule has 1 fully saturated rings. The van der Waals surface area contributed by atoms with Crippen molar-refractivity contribution in [1.82, 2.24) is 5.32 Å². The van der Waals surface area contributed by atoms with Gasteiger partial charge < -0.3 is 10.1 Å². The van der Waals surface area contributed by atoms with E-state index in [0.29, 0.717) is 12.1 Å². The van der Waals surface area contributed by atoms with E-state index >= 15 is 0 Å². The molecule has 1 aliphatic carbocycles. The van der Waals surface area contributed by atoms with Gasteiger partial charge in [-0.25, -0.2) is 0 Å². The monoisotopic (exact) mass is 199 g/mol. The molecule has 0 aromatic heterocycles. The zero-order valence-electron chi connectivity index (χ0n) is 9.72. The minimum atomic E-state index is 0.526. The van der Waals surface area contributed by atoms with Crippen LogP contribution in [-0.2, 0) is 4.74 Å². The third kappa shape index (κ3) is 4.43. The van der Waals surface area contributed by atoms with Crippen LogP contribution in [0.1, 0.15) is 51.9 Å². The van der Waals surface area contributed by atoms with E-state index in [-0.39, 0.29) is 0 Å². The molecule has 0 aromatic rings. The first-order valence-electron chi connectivity index (χ1n) is 6.15. The third-order valence-corrected chi connectivity index (χ3v) is 3.14. The van der Waals surface area contributed by atoms with E-state index in [1.54, 1.807) is 0 Å². The van der Waals surface area contributed by atoms with Crippen molar-refractivity contribution in [3.8, 4) is 0 Å². The molecule has 0 radical (unpaired) electrons. The number of ether oxygens (including phenoxy) is 1. The fourth-order valence-electron chi connectivity index (χ4n) is 2.16. The number of rotatable bonds is 6. The summed E-state index contributed by atoms with van der Waals surface area (Å²) >= 11 is 0. The van der Waals surface area contributed by atoms with Gasteiger partial charge in [0.1, 0.15) is 0 Å². The highest BCUT2D eigenvalue weighted by Crippen LogP contribution is 2.21. The van der Waals surface area contributed by atoms with E-state index in [9.17, 15) is 0 Å². The fourth-order valence-corrected chi connectivity index (χ4v) is 2.16. The average Bonchev–Trinajstić information content (AvgIpc) is 2.25. The Hall–Kier alpha value is -0.0800. The molecule has 14 heavy (non-hydrogen) atoms. The second kappa shape index (κ2) is 7.24. The van der Waals surface area contributed by atoms with Crippen molar-refractivity contribution in [1.29, 1.82) is 0 Å². The minimum Gasteiger partial charge on any atom is -0.378 e. The van der Waals surface area contributed by atoms with E-state index in [2.05, 4.69) is 19.3 Å². The molecule has 0 spiro atoms. The van der Waals surface area contributed by atoms with Crippen LogP contribution in [0.4, 0.5) is 0 Å². The fraction of sp³-hybridized carbons (Fsp3) is 1.00. The number of nitrogens with one attached hydrogen (secondary N) is 1. The summed E-state index contributed by atoms with van der Waals surface area (Å²) in [6.07, 6.45) is 9.48. The maximum atomic E-state index is 5.88. The van der Waals surface area contributed by atoms with Crippen molar-refractivity contribution >= 4 is 0 Å². The predicted octanol–water partition coefficient (Wildman–Crippen LogP) is 2.72. The minimum absolute atomic E-state index is 0.526. The molecule has 84 valence electrons. The zero-order valence-corrected chi connectivity index (χ0v) is 9.72. The molecule has 0 saturated heterocycles. The lowest BCUT2D eigenvalue weighted by Crippen LogP contribution is -2.34. The van der Waals surface area contributed by atoms with Crippen LogP contribution in [0.5, 0.6) is 0 Å². The molecule has 1 rings (SSSR count). The molecule has 2 heteroatoms. The molecule has 0 bridgehead atoms. The largest absolute Gasteiger partial charge is 0.378 e. The Morgan fingerprint density at radius 2 is 2.14 bits per heavy atom. The van der Waals surface area contributed by atoms with Gasteiger partial charge >= 0.3 is 0 Å². The SMILES string of the molecule is CCCCCOC1CCCC(NC)C1. The van der Waals surface area contributed by atoms with Gasteiger partial charge in [-0.3, -0.25) is 0 Å². The predicted molar refractivity (Wildman–Crippen MR) is 60.6 cm³/mol. The van der Waals surface area contributed by atoms with Crippen molar-refractivity contribution in [2.75, 3.05) is 13.7 Å². The summed E-state index contributed by atoms with van der Waals surface area (Å²) in [7, 11) is 2.06. The van der Waals surface area contributed by atoms with Gasteiger partial charge in [-0.2, -0.15) is 0 Å². The maximum Gasteiger partial charge on any atom is 0.0590 e. The maximum absolute atomic E-state index is 5.88. The first-order valence-corrected chi connectivity index (χ1v) is 6.15. The Morgan fingerprint density at radius 3 is 2.86 bits per heavy atom. The summed E-state index contributed by atoms with van der Waals surface area (Å²) in [5.74, 6) is 0. The Kier molecular flexibility index (Phi) is 6.20. The lowest BCUT2D eigenvalue weighted by Gasteiger charge is -2.28. The Bertz CT molecular complexity index is 138. The van der Waals surface area contributed by atoms with Gasteiger partial charge in [-0.15, -0.1) is 0 Å². The second-order valence-electron chi connectivity index (χ2n) is 4.35. The Morgan fingerprint density at radius 1 is 1.29 bits per heavy atom. The topological polar surface area (TPSA) is 21.3 Å². The Balaban J connectivity index is 2.05. The van der Waals surface area contributed by atoms with Crippen molar-refractivity contribution in [3.63, 3.8) is 0 Å². The summed E-state index contributed by atoms with van der Waals surface area (Å²) in [4.78, 5) is 0. The summed E-state index contributed by atoms with van der Waals surface area (Å²) in [5, 5.41) is 3.36. The Labute approximate surface area is 88.4 Å². The molecule has 2 unspecified atom stereocenters. The number of hydrogen-bond acceptors (Lipinski definition) is 2. The van der Waals surface area contributed by atoms with Gasteiger partial charge in [0.15, 0.2) is 0 Å². The van der Waals surface area contributed by atoms with Crippen LogP contribution in [0.15, 0.2) is 0 Å². The summed E-state index contributed by atoms with van der Waals surface area (Å²) < 4.78 is 5.88. The van der Waals surface area contributed by atoms with Crippen molar-refractivity contribution in [2.45, 2.75) is 64.0 Å². The van der Waals surface area contributed by atoms with E-state index in [0.717, 1.165) is 6.61 Å². The molecule has 2 atom stereocenters. The molecule has 1 saturated carbocycles. The van der Waals surface area contributed by atoms with Gasteiger partial charge in [-0.1, -0.05) is 19.8 Å². The molecule has 0 amide bonds. The van der Waals surface area contributed by atoms with Crippen molar-refractivity contribution < 1.29 is 4.74 Å². The van der Waals surface area contributed by atoms with E-state index < -0.39 is 0 Å². The van der Waals surface area contributed by atoms with E-state index in [1.165, 1.54) is 44.9 Å². The highest BCUT2D eigenvalue weighted by atomic mass is 16.5. The van der Waals surface area contributed by atoms with Gasteiger partial charge in [0.25, 0.3) is 0 Å². The molecular formula is C12H25NO. The highest BCUT2D eigenvalue weighted by Gasteiger charge is 2.20. The summed E-state index contributed by atoms with van der Waals surface area (Å²) in [6, 6.07) is 0.694. The molecule has 1 aliphatic rings. The van der Waals surface area contributed by atoms with Crippen molar-refractivity contribution in [3.05, 3.63) is 0 Å². The van der Waals surface area contributed by atoms with Gasteiger partial charge in [0, 0.05) is 12.6 Å². The van der Waals surface area contributed by atoms with Crippen LogP contribution in [0.25, 0.3) is 0 Å². The second-order valence-corrected chi connectivity index (χ2v) is 4.35.